The Labute approximate surface area is 196 Å². The van der Waals surface area contributed by atoms with Crippen LogP contribution in [0.1, 0.15) is 47.3 Å². The van der Waals surface area contributed by atoms with Crippen LogP contribution in [-0.4, -0.2) is 38.9 Å². The van der Waals surface area contributed by atoms with Crippen LogP contribution in [0.2, 0.25) is 10.0 Å². The second kappa shape index (κ2) is 8.77. The lowest BCUT2D eigenvalue weighted by Gasteiger charge is -2.26. The molecule has 0 spiro atoms. The molecule has 2 N–H and O–H groups in total. The van der Waals surface area contributed by atoms with Crippen LogP contribution in [0, 0.1) is 0 Å². The van der Waals surface area contributed by atoms with Crippen molar-refractivity contribution in [1.29, 1.82) is 0 Å². The summed E-state index contributed by atoms with van der Waals surface area (Å²) in [5.41, 5.74) is 7.84. The van der Waals surface area contributed by atoms with E-state index in [0.717, 1.165) is 61.2 Å². The van der Waals surface area contributed by atoms with Crippen LogP contribution < -0.4 is 5.43 Å². The molecule has 166 valence electrons. The van der Waals surface area contributed by atoms with Crippen molar-refractivity contribution in [2.45, 2.75) is 38.5 Å². The van der Waals surface area contributed by atoms with Crippen LogP contribution in [0.15, 0.2) is 36.4 Å². The average Bonchev–Trinajstić information content (AvgIpc) is 3.03. The number of nitrogens with zero attached hydrogens (tertiary/aromatic N) is 3. The lowest BCUT2D eigenvalue weighted by molar-refractivity contribution is 0.0743. The van der Waals surface area contributed by atoms with Crippen molar-refractivity contribution in [3.05, 3.63) is 63.3 Å². The molecule has 1 fully saturated rings. The SMILES string of the molecule is O=C(NN1CCCCC1)c1nn(-c2ccc(Cl)cc2Cl)c2c1CCCc1cc(O)ccc1-2. The average molecular weight is 471 g/mol. The number of phenolic OH excluding ortho intramolecular Hbond substituents is 1. The number of hydrazine groups is 1. The van der Waals surface area contributed by atoms with Crippen molar-refractivity contribution >= 4 is 29.1 Å². The van der Waals surface area contributed by atoms with Gasteiger partial charge in [-0.3, -0.25) is 10.2 Å². The smallest absolute Gasteiger partial charge is 0.286 e. The number of amides is 1. The summed E-state index contributed by atoms with van der Waals surface area (Å²) in [5.74, 6) is 0.0278. The normalized spacial score (nSPS) is 16.2. The van der Waals surface area contributed by atoms with Crippen LogP contribution in [0.4, 0.5) is 0 Å². The van der Waals surface area contributed by atoms with Gasteiger partial charge in [-0.1, -0.05) is 29.6 Å². The Morgan fingerprint density at radius 2 is 1.81 bits per heavy atom. The molecule has 6 nitrogen and oxygen atoms in total. The quantitative estimate of drug-likeness (QED) is 0.553. The third kappa shape index (κ3) is 3.98. The van der Waals surface area contributed by atoms with Gasteiger partial charge in [0.1, 0.15) is 5.75 Å². The monoisotopic (exact) mass is 470 g/mol. The molecule has 3 aromatic rings. The van der Waals surface area contributed by atoms with Crippen molar-refractivity contribution in [1.82, 2.24) is 20.2 Å². The minimum absolute atomic E-state index is 0.200. The third-order valence-corrected chi connectivity index (χ3v) is 6.71. The Morgan fingerprint density at radius 3 is 2.59 bits per heavy atom. The van der Waals surface area contributed by atoms with Gasteiger partial charge in [-0.2, -0.15) is 5.10 Å². The number of aryl methyl sites for hydroxylation is 1. The molecule has 0 unspecified atom stereocenters. The first-order chi connectivity index (χ1) is 15.5. The van der Waals surface area contributed by atoms with Gasteiger partial charge in [0.05, 0.1) is 16.4 Å². The van der Waals surface area contributed by atoms with E-state index in [0.29, 0.717) is 27.8 Å². The molecule has 1 amide bonds. The zero-order valence-electron chi connectivity index (χ0n) is 17.6. The van der Waals surface area contributed by atoms with E-state index in [1.165, 1.54) is 6.42 Å². The van der Waals surface area contributed by atoms with E-state index in [9.17, 15) is 9.90 Å². The van der Waals surface area contributed by atoms with Crippen LogP contribution in [0.5, 0.6) is 5.75 Å². The van der Waals surface area contributed by atoms with Gasteiger partial charge >= 0.3 is 0 Å². The topological polar surface area (TPSA) is 70.4 Å². The summed E-state index contributed by atoms with van der Waals surface area (Å²) in [5, 5.41) is 17.8. The van der Waals surface area contributed by atoms with Gasteiger partial charge in [0.2, 0.25) is 0 Å². The third-order valence-electron chi connectivity index (χ3n) is 6.17. The maximum Gasteiger partial charge on any atom is 0.286 e. The van der Waals surface area contributed by atoms with Gasteiger partial charge in [0, 0.05) is 29.2 Å². The zero-order chi connectivity index (χ0) is 22.2. The molecule has 8 heteroatoms. The van der Waals surface area contributed by atoms with E-state index in [1.807, 2.05) is 17.1 Å². The Balaban J connectivity index is 1.66. The summed E-state index contributed by atoms with van der Waals surface area (Å²) >= 11 is 12.7. The van der Waals surface area contributed by atoms with Gasteiger partial charge in [0.25, 0.3) is 5.91 Å². The first-order valence-corrected chi connectivity index (χ1v) is 11.7. The maximum atomic E-state index is 13.3. The van der Waals surface area contributed by atoms with Crippen molar-refractivity contribution in [2.24, 2.45) is 0 Å². The molecule has 0 saturated carbocycles. The number of aromatic hydroxyl groups is 1. The van der Waals surface area contributed by atoms with Gasteiger partial charge in [-0.25, -0.2) is 9.69 Å². The Kier molecular flexibility index (Phi) is 5.84. The predicted molar refractivity (Wildman–Crippen MR) is 126 cm³/mol. The molecular formula is C24H24Cl2N4O2. The highest BCUT2D eigenvalue weighted by atomic mass is 35.5. The zero-order valence-corrected chi connectivity index (χ0v) is 19.1. The van der Waals surface area contributed by atoms with Gasteiger partial charge in [-0.15, -0.1) is 0 Å². The van der Waals surface area contributed by atoms with Crippen LogP contribution in [0.25, 0.3) is 16.9 Å². The fourth-order valence-corrected chi connectivity index (χ4v) is 5.14. The number of hydrogen-bond donors (Lipinski definition) is 2. The van der Waals surface area contributed by atoms with E-state index in [-0.39, 0.29) is 11.7 Å². The number of aromatic nitrogens is 2. The minimum atomic E-state index is -0.200. The number of nitrogens with one attached hydrogen (secondary N) is 1. The number of hydrogen-bond acceptors (Lipinski definition) is 4. The van der Waals surface area contributed by atoms with E-state index in [1.54, 1.807) is 28.9 Å². The van der Waals surface area contributed by atoms with Crippen molar-refractivity contribution in [3.63, 3.8) is 0 Å². The largest absolute Gasteiger partial charge is 0.508 e. The number of fused-ring (bicyclic) bond motifs is 3. The molecule has 1 saturated heterocycles. The van der Waals surface area contributed by atoms with Gasteiger partial charge in [0.15, 0.2) is 5.69 Å². The second-order valence-corrected chi connectivity index (χ2v) is 9.21. The number of carbonyl (C=O) groups is 1. The Bertz CT molecular complexity index is 1180. The summed E-state index contributed by atoms with van der Waals surface area (Å²) < 4.78 is 1.75. The van der Waals surface area contributed by atoms with Crippen LogP contribution in [-0.2, 0) is 12.8 Å². The minimum Gasteiger partial charge on any atom is -0.508 e. The van der Waals surface area contributed by atoms with E-state index < -0.39 is 0 Å². The molecule has 1 aliphatic carbocycles. The number of benzene rings is 2. The maximum absolute atomic E-state index is 13.3. The molecule has 32 heavy (non-hydrogen) atoms. The summed E-state index contributed by atoms with van der Waals surface area (Å²) in [6.45, 7) is 1.69. The summed E-state index contributed by atoms with van der Waals surface area (Å²) in [7, 11) is 0. The molecule has 1 aliphatic heterocycles. The standard InChI is InChI=1S/C24H24Cl2N4O2/c25-16-7-10-21(20(26)14-16)30-23-18-9-8-17(31)13-15(18)5-4-6-19(23)22(27-30)24(32)28-29-11-2-1-3-12-29/h7-10,13-14,31H,1-6,11-12H2,(H,28,32). The number of halogens is 2. The van der Waals surface area contributed by atoms with Gasteiger partial charge < -0.3 is 5.11 Å². The molecular weight excluding hydrogens is 447 g/mol. The molecule has 0 radical (unpaired) electrons. The lowest BCUT2D eigenvalue weighted by Crippen LogP contribution is -2.45. The predicted octanol–water partition coefficient (Wildman–Crippen LogP) is 5.17. The number of phenols is 1. The molecule has 1 aromatic heterocycles. The second-order valence-electron chi connectivity index (χ2n) is 8.37. The highest BCUT2D eigenvalue weighted by Crippen LogP contribution is 2.39. The van der Waals surface area contributed by atoms with Crippen molar-refractivity contribution in [2.75, 3.05) is 13.1 Å². The molecule has 2 aromatic carbocycles. The first kappa shape index (κ1) is 21.3. The van der Waals surface area contributed by atoms with Crippen molar-refractivity contribution < 1.29 is 9.90 Å². The van der Waals surface area contributed by atoms with E-state index >= 15 is 0 Å². The summed E-state index contributed by atoms with van der Waals surface area (Å²) in [4.78, 5) is 13.3. The molecule has 2 aliphatic rings. The lowest BCUT2D eigenvalue weighted by atomic mass is 10.0. The molecule has 0 bridgehead atoms. The highest BCUT2D eigenvalue weighted by Gasteiger charge is 2.29. The summed E-state index contributed by atoms with van der Waals surface area (Å²) in [6.07, 6.45) is 5.70. The molecule has 0 atom stereocenters. The van der Waals surface area contributed by atoms with Crippen molar-refractivity contribution in [3.8, 4) is 22.7 Å². The Morgan fingerprint density at radius 1 is 1.00 bits per heavy atom. The number of piperidine rings is 1. The number of rotatable bonds is 3. The fourth-order valence-electron chi connectivity index (χ4n) is 4.65. The summed E-state index contributed by atoms with van der Waals surface area (Å²) in [6, 6.07) is 10.6. The van der Waals surface area contributed by atoms with Gasteiger partial charge in [-0.05, 0) is 74.1 Å². The molecule has 5 rings (SSSR count). The first-order valence-electron chi connectivity index (χ1n) is 11.0. The van der Waals surface area contributed by atoms with Crippen LogP contribution >= 0.6 is 23.2 Å². The highest BCUT2D eigenvalue weighted by molar-refractivity contribution is 6.35. The number of carbonyl (C=O) groups excluding carboxylic acids is 1. The molecule has 2 heterocycles. The van der Waals surface area contributed by atoms with Crippen LogP contribution in [0.3, 0.4) is 0 Å². The Hall–Kier alpha value is -2.54. The fraction of sp³-hybridized carbons (Fsp3) is 0.333. The van der Waals surface area contributed by atoms with E-state index in [2.05, 4.69) is 5.43 Å². The van der Waals surface area contributed by atoms with E-state index in [4.69, 9.17) is 28.3 Å².